The van der Waals surface area contributed by atoms with Crippen molar-refractivity contribution in [2.45, 2.75) is 26.2 Å². The van der Waals surface area contributed by atoms with Crippen molar-refractivity contribution < 1.29 is 9.84 Å². The van der Waals surface area contributed by atoms with E-state index in [0.717, 1.165) is 0 Å². The highest BCUT2D eigenvalue weighted by Gasteiger charge is 2.36. The second-order valence-corrected chi connectivity index (χ2v) is 6.18. The molecule has 114 valence electrons. The molecule has 0 radical (unpaired) electrons. The molecule has 0 amide bonds. The molecule has 2 atom stereocenters. The highest BCUT2D eigenvalue weighted by molar-refractivity contribution is 7.80. The Hall–Kier alpha value is -1.24. The van der Waals surface area contributed by atoms with E-state index in [2.05, 4.69) is 22.7 Å². The van der Waals surface area contributed by atoms with Gasteiger partial charge in [0.1, 0.15) is 24.5 Å². The van der Waals surface area contributed by atoms with Gasteiger partial charge in [0.25, 0.3) is 0 Å². The van der Waals surface area contributed by atoms with E-state index in [1.54, 1.807) is 24.3 Å². The third-order valence-corrected chi connectivity index (χ3v) is 4.31. The van der Waals surface area contributed by atoms with Crippen LogP contribution in [-0.2, 0) is 0 Å². The maximum atomic E-state index is 10.6. The number of aromatic nitrogens is 3. The van der Waals surface area contributed by atoms with Crippen molar-refractivity contribution in [3.8, 4) is 5.75 Å². The van der Waals surface area contributed by atoms with Crippen LogP contribution in [0.2, 0.25) is 5.02 Å². The third-order valence-electron chi connectivity index (χ3n) is 3.25. The molecule has 0 aliphatic heterocycles. The van der Waals surface area contributed by atoms with E-state index in [1.807, 2.05) is 13.8 Å². The molecule has 5 nitrogen and oxygen atoms in total. The zero-order chi connectivity index (χ0) is 15.5. The fourth-order valence-electron chi connectivity index (χ4n) is 1.74. The van der Waals surface area contributed by atoms with Gasteiger partial charge in [0.05, 0.1) is 0 Å². The predicted molar refractivity (Wildman–Crippen MR) is 84.8 cm³/mol. The average molecular weight is 328 g/mol. The molecule has 2 aromatic rings. The van der Waals surface area contributed by atoms with Gasteiger partial charge >= 0.3 is 0 Å². The van der Waals surface area contributed by atoms with Crippen LogP contribution in [0.3, 0.4) is 0 Å². The van der Waals surface area contributed by atoms with Gasteiger partial charge in [-0.2, -0.15) is 17.7 Å². The number of nitrogens with zero attached hydrogens (tertiary/aromatic N) is 3. The zero-order valence-electron chi connectivity index (χ0n) is 11.8. The Balaban J connectivity index is 2.27. The molecule has 0 spiro atoms. The molecule has 1 heterocycles. The number of hydrogen-bond donors (Lipinski definition) is 2. The smallest absolute Gasteiger partial charge is 0.219 e. The minimum Gasteiger partial charge on any atom is -0.466 e. The van der Waals surface area contributed by atoms with Crippen LogP contribution < -0.4 is 4.74 Å². The standard InChI is InChI=1S/C14H18ClN3O2S/c1-14(2,7-21)12(19)13(18-9-16-8-17-18)20-11-5-3-10(15)4-6-11/h3-6,8-9,12-13,19,21H,7H2,1-2H3. The van der Waals surface area contributed by atoms with E-state index in [-0.39, 0.29) is 0 Å². The Bertz CT molecular complexity index is 560. The van der Waals surface area contributed by atoms with Gasteiger partial charge in [0, 0.05) is 10.4 Å². The summed E-state index contributed by atoms with van der Waals surface area (Å²) in [6.07, 6.45) is 1.40. The van der Waals surface area contributed by atoms with Crippen molar-refractivity contribution in [1.82, 2.24) is 14.8 Å². The summed E-state index contributed by atoms with van der Waals surface area (Å²) >= 11 is 10.2. The molecular formula is C14H18ClN3O2S. The largest absolute Gasteiger partial charge is 0.466 e. The first-order valence-electron chi connectivity index (χ1n) is 6.49. The Morgan fingerprint density at radius 3 is 2.57 bits per heavy atom. The summed E-state index contributed by atoms with van der Waals surface area (Å²) in [4.78, 5) is 3.91. The first-order chi connectivity index (χ1) is 9.94. The number of ether oxygens (including phenoxy) is 1. The normalized spacial score (nSPS) is 14.7. The lowest BCUT2D eigenvalue weighted by molar-refractivity contribution is -0.0713. The average Bonchev–Trinajstić information content (AvgIpc) is 3.00. The van der Waals surface area contributed by atoms with E-state index >= 15 is 0 Å². The molecule has 0 fully saturated rings. The van der Waals surface area contributed by atoms with Crippen molar-refractivity contribution in [3.63, 3.8) is 0 Å². The Morgan fingerprint density at radius 1 is 1.38 bits per heavy atom. The summed E-state index contributed by atoms with van der Waals surface area (Å²) in [5.41, 5.74) is -0.452. The minimum absolute atomic E-state index is 0.452. The first kappa shape index (κ1) is 16.1. The lowest BCUT2D eigenvalue weighted by Crippen LogP contribution is -2.41. The molecule has 1 aromatic carbocycles. The van der Waals surface area contributed by atoms with Gasteiger partial charge < -0.3 is 9.84 Å². The molecule has 21 heavy (non-hydrogen) atoms. The molecule has 0 saturated heterocycles. The van der Waals surface area contributed by atoms with E-state index in [4.69, 9.17) is 16.3 Å². The summed E-state index contributed by atoms with van der Waals surface area (Å²) in [6.45, 7) is 3.83. The van der Waals surface area contributed by atoms with Gasteiger partial charge in [-0.15, -0.1) is 0 Å². The summed E-state index contributed by atoms with van der Waals surface area (Å²) < 4.78 is 7.37. The van der Waals surface area contributed by atoms with Gasteiger partial charge in [-0.05, 0) is 30.0 Å². The Labute approximate surface area is 134 Å². The lowest BCUT2D eigenvalue weighted by Gasteiger charge is -2.34. The minimum atomic E-state index is -0.813. The van der Waals surface area contributed by atoms with Gasteiger partial charge in [-0.1, -0.05) is 25.4 Å². The molecule has 1 N–H and O–H groups in total. The first-order valence-corrected chi connectivity index (χ1v) is 7.50. The number of hydrogen-bond acceptors (Lipinski definition) is 5. The SMILES string of the molecule is CC(C)(CS)C(O)C(Oc1ccc(Cl)cc1)n1cncn1. The fraction of sp³-hybridized carbons (Fsp3) is 0.429. The predicted octanol–water partition coefficient (Wildman–Crippen LogP) is 2.83. The van der Waals surface area contributed by atoms with Crippen LogP contribution in [-0.4, -0.2) is 31.7 Å². The zero-order valence-corrected chi connectivity index (χ0v) is 13.5. The topological polar surface area (TPSA) is 60.2 Å². The second-order valence-electron chi connectivity index (χ2n) is 5.43. The summed E-state index contributed by atoms with van der Waals surface area (Å²) in [7, 11) is 0. The maximum Gasteiger partial charge on any atom is 0.219 e. The van der Waals surface area contributed by atoms with Crippen LogP contribution >= 0.6 is 24.2 Å². The van der Waals surface area contributed by atoms with Crippen molar-refractivity contribution in [2.24, 2.45) is 5.41 Å². The number of aliphatic hydroxyl groups is 1. The van der Waals surface area contributed by atoms with Crippen LogP contribution in [0.4, 0.5) is 0 Å². The quantitative estimate of drug-likeness (QED) is 0.801. The van der Waals surface area contributed by atoms with Crippen LogP contribution in [0.1, 0.15) is 20.1 Å². The van der Waals surface area contributed by atoms with Gasteiger partial charge in [0.2, 0.25) is 6.23 Å². The Kier molecular flexibility index (Phi) is 5.13. The van der Waals surface area contributed by atoms with Crippen LogP contribution in [0.25, 0.3) is 0 Å². The summed E-state index contributed by atoms with van der Waals surface area (Å²) in [5.74, 6) is 1.09. The Morgan fingerprint density at radius 2 is 2.05 bits per heavy atom. The number of aliphatic hydroxyl groups excluding tert-OH is 1. The van der Waals surface area contributed by atoms with Gasteiger partial charge in [-0.3, -0.25) is 0 Å². The van der Waals surface area contributed by atoms with Crippen molar-refractivity contribution >= 4 is 24.2 Å². The number of rotatable bonds is 6. The fourth-order valence-corrected chi connectivity index (χ4v) is 2.06. The van der Waals surface area contributed by atoms with Crippen LogP contribution in [0.15, 0.2) is 36.9 Å². The van der Waals surface area contributed by atoms with Crippen LogP contribution in [0.5, 0.6) is 5.75 Å². The highest BCUT2D eigenvalue weighted by Crippen LogP contribution is 2.31. The molecule has 0 aliphatic carbocycles. The van der Waals surface area contributed by atoms with E-state index < -0.39 is 17.7 Å². The second kappa shape index (κ2) is 6.68. The van der Waals surface area contributed by atoms with Crippen molar-refractivity contribution in [2.75, 3.05) is 5.75 Å². The molecule has 7 heteroatoms. The van der Waals surface area contributed by atoms with Crippen molar-refractivity contribution in [3.05, 3.63) is 41.9 Å². The summed E-state index contributed by atoms with van der Waals surface area (Å²) in [5, 5.41) is 15.3. The number of thiol groups is 1. The monoisotopic (exact) mass is 327 g/mol. The lowest BCUT2D eigenvalue weighted by atomic mass is 9.87. The number of halogens is 1. The van der Waals surface area contributed by atoms with E-state index in [0.29, 0.717) is 16.5 Å². The third kappa shape index (κ3) is 3.90. The molecule has 0 saturated carbocycles. The van der Waals surface area contributed by atoms with E-state index in [9.17, 15) is 5.11 Å². The van der Waals surface area contributed by atoms with Crippen LogP contribution in [0, 0.1) is 5.41 Å². The molecule has 0 aliphatic rings. The van der Waals surface area contributed by atoms with Gasteiger partial charge in [0.15, 0.2) is 0 Å². The molecular weight excluding hydrogens is 310 g/mol. The molecule has 2 rings (SSSR count). The number of benzene rings is 1. The molecule has 1 aromatic heterocycles. The van der Waals surface area contributed by atoms with Gasteiger partial charge in [-0.25, -0.2) is 9.67 Å². The molecule has 2 unspecified atom stereocenters. The van der Waals surface area contributed by atoms with Crippen molar-refractivity contribution in [1.29, 1.82) is 0 Å². The maximum absolute atomic E-state index is 10.6. The highest BCUT2D eigenvalue weighted by atomic mass is 35.5. The molecule has 0 bridgehead atoms. The summed E-state index contributed by atoms with van der Waals surface area (Å²) in [6, 6.07) is 6.94. The van der Waals surface area contributed by atoms with E-state index in [1.165, 1.54) is 17.3 Å².